The van der Waals surface area contributed by atoms with Crippen molar-refractivity contribution in [2.75, 3.05) is 11.4 Å². The van der Waals surface area contributed by atoms with E-state index in [2.05, 4.69) is 22.0 Å². The molecule has 33 heavy (non-hydrogen) atoms. The number of aromatic nitrogens is 4. The Balaban J connectivity index is 1.43. The number of anilines is 1. The molecule has 1 saturated heterocycles. The Morgan fingerprint density at radius 2 is 1.85 bits per heavy atom. The first-order valence-corrected chi connectivity index (χ1v) is 11.1. The molecule has 8 nitrogen and oxygen atoms in total. The van der Waals surface area contributed by atoms with Crippen LogP contribution in [0.2, 0.25) is 0 Å². The van der Waals surface area contributed by atoms with E-state index in [-0.39, 0.29) is 17.4 Å². The van der Waals surface area contributed by atoms with E-state index < -0.39 is 0 Å². The summed E-state index contributed by atoms with van der Waals surface area (Å²) < 4.78 is 7.27. The lowest BCUT2D eigenvalue weighted by atomic mass is 10.1. The van der Waals surface area contributed by atoms with Crippen molar-refractivity contribution in [2.45, 2.75) is 46.6 Å². The van der Waals surface area contributed by atoms with E-state index in [1.807, 2.05) is 50.2 Å². The van der Waals surface area contributed by atoms with Crippen LogP contribution in [0.3, 0.4) is 0 Å². The lowest BCUT2D eigenvalue weighted by Gasteiger charge is -2.17. The molecular formula is C25H25N5O3. The van der Waals surface area contributed by atoms with Crippen molar-refractivity contribution in [3.8, 4) is 11.4 Å². The summed E-state index contributed by atoms with van der Waals surface area (Å²) in [4.78, 5) is 35.9. The van der Waals surface area contributed by atoms with Gasteiger partial charge in [-0.15, -0.1) is 0 Å². The van der Waals surface area contributed by atoms with E-state index in [0.717, 1.165) is 22.3 Å². The lowest BCUT2D eigenvalue weighted by Crippen LogP contribution is -2.24. The maximum atomic E-state index is 12.7. The quantitative estimate of drug-likeness (QED) is 0.475. The van der Waals surface area contributed by atoms with Gasteiger partial charge < -0.3 is 14.0 Å². The topological polar surface area (TPSA) is 94.1 Å². The molecule has 1 aliphatic heterocycles. The average Bonchev–Trinajstić information content (AvgIpc) is 3.43. The maximum absolute atomic E-state index is 12.7. The number of nitrogens with zero attached hydrogens (tertiary/aromatic N) is 5. The van der Waals surface area contributed by atoms with Crippen LogP contribution in [0.15, 0.2) is 45.7 Å². The van der Waals surface area contributed by atoms with Crippen LogP contribution in [-0.2, 0) is 11.3 Å². The number of amides is 1. The van der Waals surface area contributed by atoms with Gasteiger partial charge in [0.05, 0.1) is 17.0 Å². The number of rotatable bonds is 4. The van der Waals surface area contributed by atoms with Crippen LogP contribution in [0.4, 0.5) is 5.69 Å². The molecule has 168 valence electrons. The minimum Gasteiger partial charge on any atom is -0.339 e. The predicted molar refractivity (Wildman–Crippen MR) is 125 cm³/mol. The molecule has 3 heterocycles. The highest BCUT2D eigenvalue weighted by Gasteiger charge is 2.35. The summed E-state index contributed by atoms with van der Waals surface area (Å²) in [6.07, 6.45) is 0.329. The van der Waals surface area contributed by atoms with E-state index in [9.17, 15) is 9.59 Å². The molecule has 0 aliphatic carbocycles. The molecule has 0 saturated carbocycles. The Morgan fingerprint density at radius 1 is 1.03 bits per heavy atom. The zero-order valence-electron chi connectivity index (χ0n) is 19.1. The molecule has 5 rings (SSSR count). The van der Waals surface area contributed by atoms with Crippen molar-refractivity contribution in [2.24, 2.45) is 0 Å². The van der Waals surface area contributed by atoms with Gasteiger partial charge in [-0.3, -0.25) is 9.59 Å². The van der Waals surface area contributed by atoms with Gasteiger partial charge in [0.25, 0.3) is 5.56 Å². The predicted octanol–water partition coefficient (Wildman–Crippen LogP) is 3.91. The third kappa shape index (κ3) is 3.61. The van der Waals surface area contributed by atoms with Crippen LogP contribution in [0.1, 0.15) is 42.0 Å². The summed E-state index contributed by atoms with van der Waals surface area (Å²) in [5.41, 5.74) is 5.83. The normalized spacial score (nSPS) is 16.2. The summed E-state index contributed by atoms with van der Waals surface area (Å²) in [6, 6.07) is 11.6. The highest BCUT2D eigenvalue weighted by atomic mass is 16.5. The van der Waals surface area contributed by atoms with Gasteiger partial charge in [0, 0.05) is 30.8 Å². The van der Waals surface area contributed by atoms with Crippen LogP contribution in [0, 0.1) is 20.8 Å². The molecule has 1 atom stereocenters. The highest BCUT2D eigenvalue weighted by molar-refractivity contribution is 5.96. The largest absolute Gasteiger partial charge is 0.339 e. The monoisotopic (exact) mass is 443 g/mol. The van der Waals surface area contributed by atoms with Crippen molar-refractivity contribution in [3.63, 3.8) is 0 Å². The summed E-state index contributed by atoms with van der Waals surface area (Å²) in [5.74, 6) is 0.780. The van der Waals surface area contributed by atoms with Gasteiger partial charge in [-0.2, -0.15) is 4.98 Å². The van der Waals surface area contributed by atoms with E-state index in [1.165, 1.54) is 5.56 Å². The molecular weight excluding hydrogens is 418 g/mol. The standard InChI is InChI=1S/C25H25N5O3/c1-5-29-21-9-7-17(11-20(21)26-16(4)25(29)32)23-27-24(33-28-23)18-12-22(31)30(13-18)19-8-6-14(2)15(3)10-19/h6-11,18H,5,12-13H2,1-4H3/t18-/m0/s1. The number of carbonyl (C=O) groups excluding carboxylic acids is 1. The first kappa shape index (κ1) is 21.1. The van der Waals surface area contributed by atoms with Crippen LogP contribution in [-0.4, -0.2) is 32.1 Å². The first-order chi connectivity index (χ1) is 15.9. The minimum absolute atomic E-state index is 0.0471. The van der Waals surface area contributed by atoms with Crippen molar-refractivity contribution in [1.29, 1.82) is 0 Å². The molecule has 4 aromatic rings. The first-order valence-electron chi connectivity index (χ1n) is 11.1. The number of hydrogen-bond donors (Lipinski definition) is 0. The van der Waals surface area contributed by atoms with Crippen LogP contribution >= 0.6 is 0 Å². The zero-order valence-corrected chi connectivity index (χ0v) is 19.1. The Labute approximate surface area is 190 Å². The van der Waals surface area contributed by atoms with Crippen LogP contribution < -0.4 is 10.5 Å². The summed E-state index contributed by atoms with van der Waals surface area (Å²) in [5, 5.41) is 4.16. The molecule has 1 fully saturated rings. The van der Waals surface area contributed by atoms with Crippen molar-refractivity contribution >= 4 is 22.6 Å². The van der Waals surface area contributed by atoms with E-state index >= 15 is 0 Å². The van der Waals surface area contributed by atoms with Gasteiger partial charge in [-0.05, 0) is 69.2 Å². The van der Waals surface area contributed by atoms with Gasteiger partial charge in [-0.1, -0.05) is 11.2 Å². The van der Waals surface area contributed by atoms with Gasteiger partial charge in [0.2, 0.25) is 17.6 Å². The van der Waals surface area contributed by atoms with Crippen molar-refractivity contribution in [1.82, 2.24) is 19.7 Å². The number of benzene rings is 2. The fourth-order valence-corrected chi connectivity index (χ4v) is 4.36. The van der Waals surface area contributed by atoms with E-state index in [0.29, 0.717) is 42.4 Å². The smallest absolute Gasteiger partial charge is 0.272 e. The SMILES string of the molecule is CCn1c(=O)c(C)nc2cc(-c3noc([C@H]4CC(=O)N(c5ccc(C)c(C)c5)C4)n3)ccc21. The molecule has 0 bridgehead atoms. The lowest BCUT2D eigenvalue weighted by molar-refractivity contribution is -0.117. The minimum atomic E-state index is -0.161. The van der Waals surface area contributed by atoms with Crippen molar-refractivity contribution in [3.05, 3.63) is 69.5 Å². The fourth-order valence-electron chi connectivity index (χ4n) is 4.36. The second-order valence-corrected chi connectivity index (χ2v) is 8.58. The number of fused-ring (bicyclic) bond motifs is 1. The van der Waals surface area contributed by atoms with Gasteiger partial charge >= 0.3 is 0 Å². The zero-order chi connectivity index (χ0) is 23.3. The molecule has 1 amide bonds. The third-order valence-corrected chi connectivity index (χ3v) is 6.40. The van der Waals surface area contributed by atoms with Gasteiger partial charge in [-0.25, -0.2) is 4.98 Å². The average molecular weight is 444 g/mol. The molecule has 8 heteroatoms. The number of carbonyl (C=O) groups is 1. The molecule has 0 radical (unpaired) electrons. The Bertz CT molecular complexity index is 1450. The molecule has 0 unspecified atom stereocenters. The molecule has 1 aliphatic rings. The molecule has 0 spiro atoms. The molecule has 2 aromatic heterocycles. The van der Waals surface area contributed by atoms with Crippen LogP contribution in [0.5, 0.6) is 0 Å². The molecule has 0 N–H and O–H groups in total. The number of aryl methyl sites for hydroxylation is 4. The third-order valence-electron chi connectivity index (χ3n) is 6.40. The second-order valence-electron chi connectivity index (χ2n) is 8.58. The highest BCUT2D eigenvalue weighted by Crippen LogP contribution is 2.33. The number of hydrogen-bond acceptors (Lipinski definition) is 6. The van der Waals surface area contributed by atoms with Crippen LogP contribution in [0.25, 0.3) is 22.4 Å². The van der Waals surface area contributed by atoms with E-state index in [1.54, 1.807) is 16.4 Å². The van der Waals surface area contributed by atoms with E-state index in [4.69, 9.17) is 4.52 Å². The van der Waals surface area contributed by atoms with Gasteiger partial charge in [0.1, 0.15) is 5.69 Å². The molecule has 2 aromatic carbocycles. The fraction of sp³-hybridized carbons (Fsp3) is 0.320. The Hall–Kier alpha value is -3.81. The Morgan fingerprint density at radius 3 is 2.61 bits per heavy atom. The summed E-state index contributed by atoms with van der Waals surface area (Å²) in [7, 11) is 0. The Kier molecular flexibility index (Phi) is 5.08. The van der Waals surface area contributed by atoms with Crippen molar-refractivity contribution < 1.29 is 9.32 Å². The second kappa shape index (κ2) is 7.95. The maximum Gasteiger partial charge on any atom is 0.272 e. The summed E-state index contributed by atoms with van der Waals surface area (Å²) in [6.45, 7) is 8.82. The van der Waals surface area contributed by atoms with Gasteiger partial charge in [0.15, 0.2) is 0 Å². The summed E-state index contributed by atoms with van der Waals surface area (Å²) >= 11 is 0.